The molecule has 160 valence electrons. The highest BCUT2D eigenvalue weighted by Crippen LogP contribution is 2.54. The molecule has 9 heteroatoms. The molecule has 3 heterocycles. The zero-order valence-corrected chi connectivity index (χ0v) is 17.4. The molecule has 1 unspecified atom stereocenters. The van der Waals surface area contributed by atoms with Crippen molar-refractivity contribution in [1.29, 1.82) is 0 Å². The minimum Gasteiger partial charge on any atom is -0.478 e. The van der Waals surface area contributed by atoms with Gasteiger partial charge in [0.15, 0.2) is 0 Å². The van der Waals surface area contributed by atoms with Crippen LogP contribution in [-0.4, -0.2) is 56.8 Å². The van der Waals surface area contributed by atoms with Crippen LogP contribution < -0.4 is 0 Å². The summed E-state index contributed by atoms with van der Waals surface area (Å²) in [7, 11) is 0. The molecule has 0 aliphatic carbocycles. The van der Waals surface area contributed by atoms with E-state index < -0.39 is 17.9 Å². The highest BCUT2D eigenvalue weighted by atomic mass is 35.5. The first-order valence-corrected chi connectivity index (χ1v) is 10.2. The Labute approximate surface area is 183 Å². The van der Waals surface area contributed by atoms with Crippen LogP contribution in [0, 0.1) is 5.92 Å². The summed E-state index contributed by atoms with van der Waals surface area (Å²) in [5.74, 6) is -2.71. The summed E-state index contributed by atoms with van der Waals surface area (Å²) >= 11 is 12.2. The average Bonchev–Trinajstić information content (AvgIpc) is 3.07. The molecular formula is C21H21Cl2NO6. The summed E-state index contributed by atoms with van der Waals surface area (Å²) in [4.78, 5) is 32.8. The van der Waals surface area contributed by atoms with Crippen molar-refractivity contribution in [1.82, 2.24) is 4.90 Å². The number of nitrogens with zero attached hydrogens (tertiary/aromatic N) is 1. The van der Waals surface area contributed by atoms with Crippen LogP contribution in [0.3, 0.4) is 0 Å². The van der Waals surface area contributed by atoms with Crippen LogP contribution in [0.25, 0.3) is 0 Å². The second kappa shape index (κ2) is 9.20. The van der Waals surface area contributed by atoms with Gasteiger partial charge in [0.05, 0.1) is 10.0 Å². The largest absolute Gasteiger partial charge is 0.478 e. The maximum atomic E-state index is 11.2. The zero-order valence-electron chi connectivity index (χ0n) is 15.9. The molecule has 1 aromatic rings. The van der Waals surface area contributed by atoms with Crippen molar-refractivity contribution < 1.29 is 29.7 Å². The van der Waals surface area contributed by atoms with Crippen LogP contribution in [0.5, 0.6) is 0 Å². The Balaban J connectivity index is 0.000000275. The van der Waals surface area contributed by atoms with Crippen molar-refractivity contribution in [2.24, 2.45) is 5.92 Å². The molecule has 4 bridgehead atoms. The molecule has 0 saturated carbocycles. The van der Waals surface area contributed by atoms with Crippen LogP contribution in [0.4, 0.5) is 0 Å². The maximum Gasteiger partial charge on any atom is 0.328 e. The van der Waals surface area contributed by atoms with Crippen LogP contribution in [-0.2, 0) is 14.4 Å². The Kier molecular flexibility index (Phi) is 6.85. The third-order valence-electron chi connectivity index (χ3n) is 5.91. The van der Waals surface area contributed by atoms with Gasteiger partial charge in [-0.1, -0.05) is 29.3 Å². The molecular weight excluding hydrogens is 433 g/mol. The van der Waals surface area contributed by atoms with Crippen LogP contribution in [0.1, 0.15) is 30.7 Å². The molecule has 3 N–H and O–H groups in total. The van der Waals surface area contributed by atoms with Gasteiger partial charge in [0.2, 0.25) is 0 Å². The lowest BCUT2D eigenvalue weighted by Crippen LogP contribution is -2.40. The van der Waals surface area contributed by atoms with E-state index in [4.69, 9.17) is 38.5 Å². The molecule has 0 radical (unpaired) electrons. The molecule has 5 atom stereocenters. The minimum atomic E-state index is -1.26. The van der Waals surface area contributed by atoms with Gasteiger partial charge in [0.1, 0.15) is 0 Å². The molecule has 3 fully saturated rings. The van der Waals surface area contributed by atoms with E-state index in [2.05, 4.69) is 4.90 Å². The van der Waals surface area contributed by atoms with Gasteiger partial charge in [-0.25, -0.2) is 14.4 Å². The number of aliphatic carboxylic acids is 3. The smallest absolute Gasteiger partial charge is 0.328 e. The summed E-state index contributed by atoms with van der Waals surface area (Å²) in [5.41, 5.74) is 2.25. The van der Waals surface area contributed by atoms with Crippen LogP contribution >= 0.6 is 23.2 Å². The molecule has 3 aliphatic rings. The molecule has 3 saturated heterocycles. The fourth-order valence-corrected chi connectivity index (χ4v) is 5.22. The SMILES string of the molecule is O=C(O)/C=C/C(=O)O.O=C(O)C=C1CN2[C@H]3CC[C@@H]2[C@@H]1[C@@H](c1ccc(Cl)c(Cl)c1)C3. The quantitative estimate of drug-likeness (QED) is 0.595. The Morgan fingerprint density at radius 2 is 1.63 bits per heavy atom. The highest BCUT2D eigenvalue weighted by molar-refractivity contribution is 6.42. The van der Waals surface area contributed by atoms with Gasteiger partial charge in [-0.15, -0.1) is 0 Å². The van der Waals surface area contributed by atoms with Gasteiger partial charge >= 0.3 is 17.9 Å². The lowest BCUT2D eigenvalue weighted by atomic mass is 9.76. The predicted molar refractivity (Wildman–Crippen MR) is 111 cm³/mol. The van der Waals surface area contributed by atoms with Gasteiger partial charge in [0.25, 0.3) is 0 Å². The van der Waals surface area contributed by atoms with Crippen molar-refractivity contribution in [2.75, 3.05) is 6.54 Å². The molecule has 3 aliphatic heterocycles. The van der Waals surface area contributed by atoms with E-state index in [9.17, 15) is 14.4 Å². The number of carbonyl (C=O) groups is 3. The number of piperidine rings is 1. The van der Waals surface area contributed by atoms with E-state index in [-0.39, 0.29) is 0 Å². The predicted octanol–water partition coefficient (Wildman–Crippen LogP) is 3.67. The van der Waals surface area contributed by atoms with Crippen LogP contribution in [0.15, 0.2) is 42.0 Å². The number of hydrogen-bond donors (Lipinski definition) is 3. The molecule has 1 aromatic carbocycles. The summed E-state index contributed by atoms with van der Waals surface area (Å²) < 4.78 is 0. The molecule has 0 spiro atoms. The summed E-state index contributed by atoms with van der Waals surface area (Å²) in [6.07, 6.45) is 6.01. The van der Waals surface area contributed by atoms with E-state index in [1.165, 1.54) is 24.5 Å². The third-order valence-corrected chi connectivity index (χ3v) is 6.65. The Bertz CT molecular complexity index is 912. The average molecular weight is 454 g/mol. The summed E-state index contributed by atoms with van der Waals surface area (Å²) in [6, 6.07) is 6.91. The Morgan fingerprint density at radius 1 is 0.967 bits per heavy atom. The van der Waals surface area contributed by atoms with E-state index in [0.29, 0.717) is 46.1 Å². The number of carboxylic acids is 3. The lowest BCUT2D eigenvalue weighted by molar-refractivity contribution is -0.134. The fraction of sp³-hybridized carbons (Fsp3) is 0.381. The normalized spacial score (nSPS) is 30.2. The van der Waals surface area contributed by atoms with E-state index >= 15 is 0 Å². The summed E-state index contributed by atoms with van der Waals surface area (Å²) in [5, 5.41) is 25.9. The second-order valence-electron chi connectivity index (χ2n) is 7.58. The van der Waals surface area contributed by atoms with Crippen molar-refractivity contribution in [2.45, 2.75) is 37.3 Å². The zero-order chi connectivity index (χ0) is 22.0. The monoisotopic (exact) mass is 453 g/mol. The number of halogens is 2. The number of carboxylic acid groups (broad SMARTS) is 3. The molecule has 30 heavy (non-hydrogen) atoms. The number of benzene rings is 1. The maximum absolute atomic E-state index is 11.2. The van der Waals surface area contributed by atoms with Crippen molar-refractivity contribution in [3.05, 3.63) is 57.6 Å². The highest BCUT2D eigenvalue weighted by Gasteiger charge is 2.53. The van der Waals surface area contributed by atoms with Crippen molar-refractivity contribution in [3.8, 4) is 0 Å². The standard InChI is InChI=1S/C17H17Cl2NO2.C4H4O4/c18-13-3-1-9(5-14(13)19)12-7-11-2-4-15-17(12)10(6-16(21)22)8-20(11)15;5-3(6)1-2-4(7)8/h1,3,5-6,11-12,15,17H,2,4,7-8H2,(H,21,22);1-2H,(H,5,6)(H,7,8)/b;2-1+/t11-,12+,15+,17-;/m0./s1. The number of rotatable bonds is 4. The van der Waals surface area contributed by atoms with Crippen molar-refractivity contribution >= 4 is 41.1 Å². The minimum absolute atomic E-state index is 0.298. The first kappa shape index (κ1) is 22.3. The molecule has 7 nitrogen and oxygen atoms in total. The van der Waals surface area contributed by atoms with E-state index in [0.717, 1.165) is 18.5 Å². The number of hydrogen-bond acceptors (Lipinski definition) is 4. The third kappa shape index (κ3) is 4.86. The molecule has 4 rings (SSSR count). The van der Waals surface area contributed by atoms with Gasteiger partial charge in [-0.3, -0.25) is 4.90 Å². The van der Waals surface area contributed by atoms with E-state index in [1.807, 2.05) is 18.2 Å². The van der Waals surface area contributed by atoms with Crippen LogP contribution in [0.2, 0.25) is 10.0 Å². The van der Waals surface area contributed by atoms with Crippen molar-refractivity contribution in [3.63, 3.8) is 0 Å². The Morgan fingerprint density at radius 3 is 2.20 bits per heavy atom. The van der Waals surface area contributed by atoms with Gasteiger partial charge in [0, 0.05) is 42.8 Å². The van der Waals surface area contributed by atoms with E-state index in [1.54, 1.807) is 0 Å². The summed E-state index contributed by atoms with van der Waals surface area (Å²) in [6.45, 7) is 0.810. The molecule has 0 aromatic heterocycles. The lowest BCUT2D eigenvalue weighted by Gasteiger charge is -2.37. The fourth-order valence-electron chi connectivity index (χ4n) is 4.91. The topological polar surface area (TPSA) is 115 Å². The first-order chi connectivity index (χ1) is 14.2. The Hall–Kier alpha value is -2.35. The second-order valence-corrected chi connectivity index (χ2v) is 8.39. The first-order valence-electron chi connectivity index (χ1n) is 9.45. The van der Waals surface area contributed by atoms with Gasteiger partial charge in [-0.2, -0.15) is 0 Å². The molecule has 0 amide bonds. The van der Waals surface area contributed by atoms with Gasteiger partial charge < -0.3 is 15.3 Å². The van der Waals surface area contributed by atoms with Gasteiger partial charge in [-0.05, 0) is 48.4 Å².